The van der Waals surface area contributed by atoms with Crippen LogP contribution in [0.25, 0.3) is 0 Å². The van der Waals surface area contributed by atoms with Crippen molar-refractivity contribution in [2.45, 2.75) is 6.54 Å². The van der Waals surface area contributed by atoms with Crippen molar-refractivity contribution in [1.82, 2.24) is 4.98 Å². The molecule has 1 aromatic rings. The molecule has 1 rings (SSSR count). The third kappa shape index (κ3) is 3.69. The topological polar surface area (TPSA) is 30.5 Å². The minimum atomic E-state index is -1.61. The molecule has 3 nitrogen and oxygen atoms in total. The van der Waals surface area contributed by atoms with Crippen LogP contribution < -0.4 is 4.98 Å². The smallest absolute Gasteiger partial charge is 0.388 e. The third-order valence-electron chi connectivity index (χ3n) is 1.74. The minimum Gasteiger partial charge on any atom is -0.388 e. The van der Waals surface area contributed by atoms with E-state index >= 15 is 0 Å². The highest BCUT2D eigenvalue weighted by Gasteiger charge is 2.07. The summed E-state index contributed by atoms with van der Waals surface area (Å²) in [6, 6.07) is 10.2. The fourth-order valence-electron chi connectivity index (χ4n) is 1.06. The van der Waals surface area contributed by atoms with Gasteiger partial charge in [-0.2, -0.15) is 0 Å². The summed E-state index contributed by atoms with van der Waals surface area (Å²) < 4.78 is 10.3. The molecule has 0 aliphatic carbocycles. The van der Waals surface area contributed by atoms with E-state index in [1.165, 1.54) is 5.56 Å². The molecular weight excluding hydrogens is 182 g/mol. The number of rotatable bonds is 5. The van der Waals surface area contributed by atoms with Gasteiger partial charge in [0.1, 0.15) is 0 Å². The van der Waals surface area contributed by atoms with Gasteiger partial charge in [0.05, 0.1) is 0 Å². The van der Waals surface area contributed by atoms with Gasteiger partial charge in [0.2, 0.25) is 0 Å². The predicted molar refractivity (Wildman–Crippen MR) is 54.4 cm³/mol. The molecule has 0 saturated heterocycles. The maximum atomic E-state index is 5.13. The summed E-state index contributed by atoms with van der Waals surface area (Å²) in [5, 5.41) is 0. The fraction of sp³-hybridized carbons (Fsp3) is 0.333. The first-order chi connectivity index (χ1) is 6.36. The molecule has 0 bridgehead atoms. The predicted octanol–water partition coefficient (Wildman–Crippen LogP) is 0.786. The van der Waals surface area contributed by atoms with Gasteiger partial charge in [-0.15, -0.1) is 0 Å². The molecule has 0 saturated carbocycles. The molecule has 0 amide bonds. The Labute approximate surface area is 80.6 Å². The van der Waals surface area contributed by atoms with Gasteiger partial charge in [0.15, 0.2) is 0 Å². The molecule has 0 aliphatic heterocycles. The van der Waals surface area contributed by atoms with Crippen molar-refractivity contribution < 1.29 is 8.85 Å². The van der Waals surface area contributed by atoms with Crippen molar-refractivity contribution in [3.05, 3.63) is 35.9 Å². The van der Waals surface area contributed by atoms with Crippen molar-refractivity contribution in [3.63, 3.8) is 0 Å². The van der Waals surface area contributed by atoms with Crippen LogP contribution in [0.3, 0.4) is 0 Å². The molecule has 1 aromatic carbocycles. The van der Waals surface area contributed by atoms with E-state index in [4.69, 9.17) is 8.85 Å². The lowest BCUT2D eigenvalue weighted by Crippen LogP contribution is -2.37. The van der Waals surface area contributed by atoms with E-state index in [0.717, 1.165) is 6.54 Å². The summed E-state index contributed by atoms with van der Waals surface area (Å²) in [4.78, 5) is 3.23. The van der Waals surface area contributed by atoms with Crippen molar-refractivity contribution >= 4 is 9.45 Å². The highest BCUT2D eigenvalue weighted by atomic mass is 28.3. The Hall–Kier alpha value is -0.683. The van der Waals surface area contributed by atoms with Gasteiger partial charge in [0.25, 0.3) is 0 Å². The van der Waals surface area contributed by atoms with E-state index in [1.807, 2.05) is 18.2 Å². The Morgan fingerprint density at radius 1 is 1.15 bits per heavy atom. The Bertz CT molecular complexity index is 226. The van der Waals surface area contributed by atoms with Gasteiger partial charge < -0.3 is 8.85 Å². The number of nitrogens with one attached hydrogen (secondary N) is 1. The zero-order valence-corrected chi connectivity index (χ0v) is 9.14. The highest BCUT2D eigenvalue weighted by Crippen LogP contribution is 1.97. The first-order valence-corrected chi connectivity index (χ1v) is 5.71. The van der Waals surface area contributed by atoms with Gasteiger partial charge in [0, 0.05) is 20.8 Å². The van der Waals surface area contributed by atoms with Crippen LogP contribution in [0.1, 0.15) is 5.56 Å². The lowest BCUT2D eigenvalue weighted by molar-refractivity contribution is 0.264. The monoisotopic (exact) mass is 197 g/mol. The molecule has 0 atom stereocenters. The van der Waals surface area contributed by atoms with Crippen LogP contribution in [0, 0.1) is 0 Å². The molecule has 0 radical (unpaired) electrons. The quantitative estimate of drug-likeness (QED) is 0.708. The molecule has 0 heterocycles. The Balaban J connectivity index is 2.34. The normalized spacial score (nSPS) is 10.7. The van der Waals surface area contributed by atoms with E-state index in [1.54, 1.807) is 14.2 Å². The van der Waals surface area contributed by atoms with Crippen LogP contribution in [-0.2, 0) is 15.4 Å². The summed E-state index contributed by atoms with van der Waals surface area (Å²) in [5.41, 5.74) is 1.24. The molecule has 0 fully saturated rings. The Kier molecular flexibility index (Phi) is 4.70. The van der Waals surface area contributed by atoms with Crippen LogP contribution >= 0.6 is 0 Å². The van der Waals surface area contributed by atoms with E-state index in [0.29, 0.717) is 0 Å². The van der Waals surface area contributed by atoms with E-state index in [-0.39, 0.29) is 0 Å². The van der Waals surface area contributed by atoms with Crippen LogP contribution in [0.5, 0.6) is 0 Å². The second kappa shape index (κ2) is 5.88. The van der Waals surface area contributed by atoms with Gasteiger partial charge in [-0.3, -0.25) is 4.98 Å². The van der Waals surface area contributed by atoms with Crippen LogP contribution in [-0.4, -0.2) is 23.7 Å². The minimum absolute atomic E-state index is 0.805. The van der Waals surface area contributed by atoms with Crippen LogP contribution in [0.2, 0.25) is 0 Å². The summed E-state index contributed by atoms with van der Waals surface area (Å²) in [5.74, 6) is 0. The molecular formula is C9H15NO2Si. The van der Waals surface area contributed by atoms with E-state index in [2.05, 4.69) is 17.1 Å². The maximum Gasteiger partial charge on any atom is 0.408 e. The lowest BCUT2D eigenvalue weighted by Gasteiger charge is -2.11. The second-order valence-electron chi connectivity index (χ2n) is 2.67. The average Bonchev–Trinajstić information content (AvgIpc) is 2.21. The highest BCUT2D eigenvalue weighted by molar-refractivity contribution is 6.40. The summed E-state index contributed by atoms with van der Waals surface area (Å²) in [7, 11) is 1.72. The van der Waals surface area contributed by atoms with Crippen molar-refractivity contribution in [2.24, 2.45) is 0 Å². The van der Waals surface area contributed by atoms with E-state index in [9.17, 15) is 0 Å². The summed E-state index contributed by atoms with van der Waals surface area (Å²) >= 11 is 0. The Morgan fingerprint density at radius 3 is 2.31 bits per heavy atom. The molecule has 0 spiro atoms. The summed E-state index contributed by atoms with van der Waals surface area (Å²) in [6.45, 7) is 0.805. The molecule has 13 heavy (non-hydrogen) atoms. The molecule has 4 heteroatoms. The first-order valence-electron chi connectivity index (χ1n) is 4.19. The zero-order chi connectivity index (χ0) is 9.52. The summed E-state index contributed by atoms with van der Waals surface area (Å²) in [6.07, 6.45) is 0. The second-order valence-corrected chi connectivity index (χ2v) is 4.68. The maximum absolute atomic E-state index is 5.13. The standard InChI is InChI=1S/C9H15NO2Si/c1-11-13(12-2)10-8-9-6-4-3-5-7-9/h3-7,10,13H,8H2,1-2H3. The van der Waals surface area contributed by atoms with Crippen molar-refractivity contribution in [2.75, 3.05) is 14.2 Å². The average molecular weight is 197 g/mol. The van der Waals surface area contributed by atoms with E-state index < -0.39 is 9.45 Å². The molecule has 0 aromatic heterocycles. The lowest BCUT2D eigenvalue weighted by atomic mass is 10.2. The fourth-order valence-corrected chi connectivity index (χ4v) is 1.99. The SMILES string of the molecule is CO[SiH](NCc1ccccc1)OC. The molecule has 0 unspecified atom stereocenters. The number of hydrogen-bond acceptors (Lipinski definition) is 3. The molecule has 72 valence electrons. The molecule has 0 aliphatic rings. The van der Waals surface area contributed by atoms with Gasteiger partial charge in [-0.05, 0) is 5.56 Å². The van der Waals surface area contributed by atoms with Gasteiger partial charge >= 0.3 is 9.45 Å². The van der Waals surface area contributed by atoms with Crippen LogP contribution in [0.15, 0.2) is 30.3 Å². The zero-order valence-electron chi connectivity index (χ0n) is 7.99. The third-order valence-corrected chi connectivity index (χ3v) is 3.14. The number of hydrogen-bond donors (Lipinski definition) is 1. The van der Waals surface area contributed by atoms with Gasteiger partial charge in [-0.25, -0.2) is 0 Å². The first kappa shape index (κ1) is 10.4. The van der Waals surface area contributed by atoms with Gasteiger partial charge in [-0.1, -0.05) is 30.3 Å². The van der Waals surface area contributed by atoms with Crippen molar-refractivity contribution in [1.29, 1.82) is 0 Å². The number of benzene rings is 1. The van der Waals surface area contributed by atoms with Crippen molar-refractivity contribution in [3.8, 4) is 0 Å². The Morgan fingerprint density at radius 2 is 1.77 bits per heavy atom. The largest absolute Gasteiger partial charge is 0.408 e. The molecule has 1 N–H and O–H groups in total. The van der Waals surface area contributed by atoms with Crippen LogP contribution in [0.4, 0.5) is 0 Å².